The average Bonchev–Trinajstić information content (AvgIpc) is 2.69. The first-order chi connectivity index (χ1) is 13.8. The van der Waals surface area contributed by atoms with E-state index in [0.717, 1.165) is 24.7 Å². The second-order valence-electron chi connectivity index (χ2n) is 8.26. The van der Waals surface area contributed by atoms with Crippen molar-refractivity contribution in [1.82, 2.24) is 0 Å². The lowest BCUT2D eigenvalue weighted by Gasteiger charge is -2.32. The Morgan fingerprint density at radius 3 is 2.14 bits per heavy atom. The van der Waals surface area contributed by atoms with Crippen molar-refractivity contribution in [2.45, 2.75) is 33.6 Å². The third-order valence-electron chi connectivity index (χ3n) is 5.49. The Bertz CT molecular complexity index is 872. The lowest BCUT2D eigenvalue weighted by Crippen LogP contribution is -2.41. The summed E-state index contributed by atoms with van der Waals surface area (Å²) in [5, 5.41) is 5.40. The Kier molecular flexibility index (Phi) is 6.20. The molecule has 29 heavy (non-hydrogen) atoms. The number of hydrogen-bond donors (Lipinski definition) is 2. The van der Waals surface area contributed by atoms with Crippen LogP contribution in [0.4, 0.5) is 21.5 Å². The van der Waals surface area contributed by atoms with E-state index in [9.17, 15) is 14.0 Å². The van der Waals surface area contributed by atoms with Crippen LogP contribution in [0.1, 0.15) is 33.6 Å². The highest BCUT2D eigenvalue weighted by Crippen LogP contribution is 2.26. The fourth-order valence-corrected chi connectivity index (χ4v) is 3.27. The van der Waals surface area contributed by atoms with E-state index in [0.29, 0.717) is 11.4 Å². The zero-order valence-corrected chi connectivity index (χ0v) is 17.2. The molecule has 0 spiro atoms. The van der Waals surface area contributed by atoms with Crippen molar-refractivity contribution in [2.24, 2.45) is 11.3 Å². The molecule has 0 aromatic heterocycles. The monoisotopic (exact) mass is 397 g/mol. The van der Waals surface area contributed by atoms with E-state index in [2.05, 4.69) is 22.5 Å². The van der Waals surface area contributed by atoms with Crippen molar-refractivity contribution in [3.8, 4) is 0 Å². The number of halogens is 1. The van der Waals surface area contributed by atoms with Gasteiger partial charge in [0, 0.05) is 30.2 Å². The highest BCUT2D eigenvalue weighted by Gasteiger charge is 2.36. The van der Waals surface area contributed by atoms with Crippen LogP contribution in [0.2, 0.25) is 0 Å². The molecule has 0 saturated carbocycles. The number of anilines is 3. The molecule has 0 aliphatic carbocycles. The zero-order chi connectivity index (χ0) is 21.0. The molecule has 1 fully saturated rings. The molecule has 1 saturated heterocycles. The van der Waals surface area contributed by atoms with Crippen LogP contribution >= 0.6 is 0 Å². The largest absolute Gasteiger partial charge is 0.372 e. The van der Waals surface area contributed by atoms with Gasteiger partial charge in [0.05, 0.1) is 0 Å². The maximum atomic E-state index is 13.3. The normalized spacial score (nSPS) is 15.1. The Morgan fingerprint density at radius 2 is 1.55 bits per heavy atom. The topological polar surface area (TPSA) is 61.4 Å². The van der Waals surface area contributed by atoms with Gasteiger partial charge in [-0.15, -0.1) is 0 Å². The minimum absolute atomic E-state index is 0.316. The van der Waals surface area contributed by atoms with Crippen molar-refractivity contribution < 1.29 is 14.0 Å². The van der Waals surface area contributed by atoms with Crippen LogP contribution in [0.25, 0.3) is 0 Å². The molecule has 2 N–H and O–H groups in total. The molecule has 0 unspecified atom stereocenters. The Hall–Kier alpha value is -2.89. The number of piperidine rings is 1. The predicted octanol–water partition coefficient (Wildman–Crippen LogP) is 4.67. The maximum Gasteiger partial charge on any atom is 0.239 e. The maximum absolute atomic E-state index is 13.3. The second-order valence-corrected chi connectivity index (χ2v) is 8.26. The molecular weight excluding hydrogens is 369 g/mol. The van der Waals surface area contributed by atoms with Crippen molar-refractivity contribution in [2.75, 3.05) is 28.6 Å². The number of rotatable bonds is 5. The standard InChI is InChI=1S/C23H28FN3O2/c1-16-11-13-27(14-12-16)20-9-7-18(8-10-20)25-21(28)23(2,3)22(29)26-19-6-4-5-17(24)15-19/h4-10,15-16H,11-14H2,1-3H3,(H,25,28)(H,26,29). The molecule has 1 aliphatic heterocycles. The van der Waals surface area contributed by atoms with Gasteiger partial charge < -0.3 is 15.5 Å². The molecular formula is C23H28FN3O2. The molecule has 0 bridgehead atoms. The molecule has 2 aromatic rings. The number of benzene rings is 2. The zero-order valence-electron chi connectivity index (χ0n) is 17.2. The van der Waals surface area contributed by atoms with Gasteiger partial charge in [-0.25, -0.2) is 4.39 Å². The highest BCUT2D eigenvalue weighted by molar-refractivity contribution is 6.14. The van der Waals surface area contributed by atoms with Gasteiger partial charge in [-0.1, -0.05) is 13.0 Å². The molecule has 1 aliphatic rings. The number of amides is 2. The van der Waals surface area contributed by atoms with Gasteiger partial charge in [0.1, 0.15) is 11.2 Å². The van der Waals surface area contributed by atoms with Crippen LogP contribution in [0.15, 0.2) is 48.5 Å². The van der Waals surface area contributed by atoms with Crippen LogP contribution in [-0.2, 0) is 9.59 Å². The Labute approximate surface area is 171 Å². The van der Waals surface area contributed by atoms with Crippen molar-refractivity contribution in [3.63, 3.8) is 0 Å². The van der Waals surface area contributed by atoms with Gasteiger partial charge in [0.25, 0.3) is 0 Å². The molecule has 6 heteroatoms. The summed E-state index contributed by atoms with van der Waals surface area (Å²) in [5.41, 5.74) is 0.762. The number of carbonyl (C=O) groups is 2. The minimum atomic E-state index is -1.33. The van der Waals surface area contributed by atoms with Crippen molar-refractivity contribution >= 4 is 28.9 Å². The van der Waals surface area contributed by atoms with Gasteiger partial charge in [-0.05, 0) is 75.1 Å². The quantitative estimate of drug-likeness (QED) is 0.721. The average molecular weight is 397 g/mol. The van der Waals surface area contributed by atoms with Crippen molar-refractivity contribution in [3.05, 3.63) is 54.3 Å². The van der Waals surface area contributed by atoms with E-state index >= 15 is 0 Å². The summed E-state index contributed by atoms with van der Waals surface area (Å²) in [4.78, 5) is 27.6. The summed E-state index contributed by atoms with van der Waals surface area (Å²) in [5.74, 6) is -0.607. The lowest BCUT2D eigenvalue weighted by atomic mass is 9.90. The summed E-state index contributed by atoms with van der Waals surface area (Å²) < 4.78 is 13.3. The van der Waals surface area contributed by atoms with Crippen LogP contribution in [0, 0.1) is 17.2 Å². The summed E-state index contributed by atoms with van der Waals surface area (Å²) in [7, 11) is 0. The van der Waals surface area contributed by atoms with E-state index < -0.39 is 23.0 Å². The second kappa shape index (κ2) is 8.64. The predicted molar refractivity (Wildman–Crippen MR) is 114 cm³/mol. The first kappa shape index (κ1) is 20.8. The summed E-state index contributed by atoms with van der Waals surface area (Å²) >= 11 is 0. The lowest BCUT2D eigenvalue weighted by molar-refractivity contribution is -0.135. The van der Waals surface area contributed by atoms with E-state index in [1.54, 1.807) is 19.9 Å². The highest BCUT2D eigenvalue weighted by atomic mass is 19.1. The first-order valence-electron chi connectivity index (χ1n) is 9.99. The fraction of sp³-hybridized carbons (Fsp3) is 0.391. The van der Waals surface area contributed by atoms with Crippen molar-refractivity contribution in [1.29, 1.82) is 0 Å². The molecule has 3 rings (SSSR count). The van der Waals surface area contributed by atoms with E-state index in [-0.39, 0.29) is 0 Å². The molecule has 0 atom stereocenters. The van der Waals surface area contributed by atoms with Crippen LogP contribution in [-0.4, -0.2) is 24.9 Å². The fourth-order valence-electron chi connectivity index (χ4n) is 3.27. The third-order valence-corrected chi connectivity index (χ3v) is 5.49. The van der Waals surface area contributed by atoms with Gasteiger partial charge in [0.15, 0.2) is 0 Å². The van der Waals surface area contributed by atoms with E-state index in [4.69, 9.17) is 0 Å². The van der Waals surface area contributed by atoms with E-state index in [1.165, 1.54) is 31.0 Å². The summed E-state index contributed by atoms with van der Waals surface area (Å²) in [6.45, 7) is 7.45. The molecule has 154 valence electrons. The molecule has 2 aromatic carbocycles. The number of nitrogens with one attached hydrogen (secondary N) is 2. The molecule has 1 heterocycles. The Balaban J connectivity index is 1.61. The molecule has 5 nitrogen and oxygen atoms in total. The van der Waals surface area contributed by atoms with Gasteiger partial charge in [-0.3, -0.25) is 9.59 Å². The van der Waals surface area contributed by atoms with Gasteiger partial charge in [-0.2, -0.15) is 0 Å². The minimum Gasteiger partial charge on any atom is -0.372 e. The SMILES string of the molecule is CC1CCN(c2ccc(NC(=O)C(C)(C)C(=O)Nc3cccc(F)c3)cc2)CC1. The first-order valence-corrected chi connectivity index (χ1v) is 9.99. The van der Waals surface area contributed by atoms with Crippen LogP contribution in [0.3, 0.4) is 0 Å². The van der Waals surface area contributed by atoms with Crippen LogP contribution < -0.4 is 15.5 Å². The smallest absolute Gasteiger partial charge is 0.239 e. The van der Waals surface area contributed by atoms with Crippen LogP contribution in [0.5, 0.6) is 0 Å². The summed E-state index contributed by atoms with van der Waals surface area (Å²) in [6.07, 6.45) is 2.38. The number of hydrogen-bond acceptors (Lipinski definition) is 3. The van der Waals surface area contributed by atoms with E-state index in [1.807, 2.05) is 24.3 Å². The third kappa shape index (κ3) is 5.13. The number of carbonyl (C=O) groups excluding carboxylic acids is 2. The molecule has 0 radical (unpaired) electrons. The molecule has 2 amide bonds. The summed E-state index contributed by atoms with van der Waals surface area (Å²) in [6, 6.07) is 13.3. The Morgan fingerprint density at radius 1 is 0.966 bits per heavy atom. The van der Waals surface area contributed by atoms with Gasteiger partial charge in [0.2, 0.25) is 11.8 Å². The van der Waals surface area contributed by atoms with Gasteiger partial charge >= 0.3 is 0 Å². The number of nitrogens with zero attached hydrogens (tertiary/aromatic N) is 1.